The van der Waals surface area contributed by atoms with Crippen molar-refractivity contribution in [3.05, 3.63) is 58.5 Å². The second-order valence-corrected chi connectivity index (χ2v) is 8.73. The number of hydrogen-bond donors (Lipinski definition) is 1. The molecular formula is C23H26N4O2S. The van der Waals surface area contributed by atoms with Crippen molar-refractivity contribution in [2.45, 2.75) is 56.6 Å². The van der Waals surface area contributed by atoms with Crippen LogP contribution in [0.15, 0.2) is 52.5 Å². The Balaban J connectivity index is 1.61. The van der Waals surface area contributed by atoms with Gasteiger partial charge in [-0.2, -0.15) is 0 Å². The molecule has 7 heteroatoms. The summed E-state index contributed by atoms with van der Waals surface area (Å²) in [4.78, 5) is 34.9. The molecule has 3 aromatic rings. The van der Waals surface area contributed by atoms with Crippen LogP contribution in [0.1, 0.15) is 44.1 Å². The first-order chi connectivity index (χ1) is 14.6. The first kappa shape index (κ1) is 20.6. The van der Waals surface area contributed by atoms with E-state index < -0.39 is 0 Å². The summed E-state index contributed by atoms with van der Waals surface area (Å²) in [5, 5.41) is 4.17. The number of para-hydroxylation sites is 1. The molecule has 2 heterocycles. The zero-order chi connectivity index (χ0) is 20.9. The van der Waals surface area contributed by atoms with Gasteiger partial charge in [0, 0.05) is 12.2 Å². The second-order valence-electron chi connectivity index (χ2n) is 7.79. The van der Waals surface area contributed by atoms with Crippen LogP contribution in [0.4, 0.5) is 0 Å². The molecule has 30 heavy (non-hydrogen) atoms. The van der Waals surface area contributed by atoms with E-state index in [0.29, 0.717) is 21.9 Å². The van der Waals surface area contributed by atoms with Crippen molar-refractivity contribution in [1.82, 2.24) is 19.9 Å². The Morgan fingerprint density at radius 3 is 2.70 bits per heavy atom. The lowest BCUT2D eigenvalue weighted by molar-refractivity contribution is -0.119. The van der Waals surface area contributed by atoms with Crippen molar-refractivity contribution in [1.29, 1.82) is 0 Å². The summed E-state index contributed by atoms with van der Waals surface area (Å²) in [6.07, 6.45) is 8.60. The van der Waals surface area contributed by atoms with Crippen molar-refractivity contribution in [3.8, 4) is 5.82 Å². The molecular weight excluding hydrogens is 396 g/mol. The van der Waals surface area contributed by atoms with Crippen LogP contribution < -0.4 is 10.9 Å². The van der Waals surface area contributed by atoms with Gasteiger partial charge in [-0.25, -0.2) is 14.5 Å². The van der Waals surface area contributed by atoms with Crippen LogP contribution in [-0.4, -0.2) is 32.2 Å². The normalized spacial score (nSPS) is 15.1. The molecule has 0 saturated heterocycles. The van der Waals surface area contributed by atoms with Gasteiger partial charge in [-0.05, 0) is 49.6 Å². The van der Waals surface area contributed by atoms with E-state index in [9.17, 15) is 9.59 Å². The van der Waals surface area contributed by atoms with Gasteiger partial charge in [-0.3, -0.25) is 9.59 Å². The minimum absolute atomic E-state index is 0.0157. The van der Waals surface area contributed by atoms with Gasteiger partial charge in [0.1, 0.15) is 5.82 Å². The Kier molecular flexibility index (Phi) is 6.47. The Morgan fingerprint density at radius 2 is 1.93 bits per heavy atom. The lowest BCUT2D eigenvalue weighted by Gasteiger charge is -2.16. The zero-order valence-corrected chi connectivity index (χ0v) is 18.0. The number of carbonyl (C=O) groups is 1. The number of carbonyl (C=O) groups excluding carboxylic acids is 1. The van der Waals surface area contributed by atoms with Gasteiger partial charge in [0.05, 0.1) is 16.7 Å². The summed E-state index contributed by atoms with van der Waals surface area (Å²) in [5.41, 5.74) is 1.45. The Hall–Kier alpha value is -2.67. The van der Waals surface area contributed by atoms with Crippen LogP contribution >= 0.6 is 11.8 Å². The minimum Gasteiger partial charge on any atom is -0.353 e. The number of nitrogens with one attached hydrogen (secondary N) is 1. The van der Waals surface area contributed by atoms with Gasteiger partial charge in [-0.15, -0.1) is 0 Å². The number of rotatable bonds is 5. The van der Waals surface area contributed by atoms with Crippen LogP contribution in [0.5, 0.6) is 0 Å². The predicted molar refractivity (Wildman–Crippen MR) is 120 cm³/mol. The number of amides is 1. The number of pyridine rings is 1. The maximum atomic E-state index is 13.2. The van der Waals surface area contributed by atoms with E-state index in [4.69, 9.17) is 0 Å². The van der Waals surface area contributed by atoms with Gasteiger partial charge in [0.2, 0.25) is 5.91 Å². The molecule has 1 aliphatic carbocycles. The molecule has 156 valence electrons. The standard InChI is InChI=1S/C23H26N4O2S/c1-16-12-13-24-20(14-16)27-22(29)18-10-6-7-11-19(18)26-23(27)30-15-21(28)25-17-8-4-2-3-5-9-17/h6-7,10-14,17H,2-5,8-9,15H2,1H3,(H,25,28). The van der Waals surface area contributed by atoms with Crippen LogP contribution in [0.25, 0.3) is 16.7 Å². The molecule has 1 amide bonds. The SMILES string of the molecule is Cc1ccnc(-n2c(SCC(=O)NC3CCCCCC3)nc3ccccc3c2=O)c1. The molecule has 0 unspecified atom stereocenters. The van der Waals surface area contributed by atoms with Gasteiger partial charge in [-0.1, -0.05) is 49.6 Å². The highest BCUT2D eigenvalue weighted by Crippen LogP contribution is 2.22. The van der Waals surface area contributed by atoms with E-state index in [0.717, 1.165) is 18.4 Å². The summed E-state index contributed by atoms with van der Waals surface area (Å²) in [6, 6.07) is 11.3. The molecule has 0 bridgehead atoms. The summed E-state index contributed by atoms with van der Waals surface area (Å²) >= 11 is 1.28. The predicted octanol–water partition coefficient (Wildman–Crippen LogP) is 4.02. The molecule has 0 spiro atoms. The highest BCUT2D eigenvalue weighted by molar-refractivity contribution is 7.99. The quantitative estimate of drug-likeness (QED) is 0.382. The van der Waals surface area contributed by atoms with Crippen molar-refractivity contribution >= 4 is 28.6 Å². The lowest BCUT2D eigenvalue weighted by Crippen LogP contribution is -2.35. The molecule has 2 aromatic heterocycles. The van der Waals surface area contributed by atoms with Crippen molar-refractivity contribution < 1.29 is 4.79 Å². The fourth-order valence-electron chi connectivity index (χ4n) is 3.88. The van der Waals surface area contributed by atoms with E-state index in [1.54, 1.807) is 12.3 Å². The number of fused-ring (bicyclic) bond motifs is 1. The van der Waals surface area contributed by atoms with Gasteiger partial charge in [0.15, 0.2) is 5.16 Å². The maximum Gasteiger partial charge on any atom is 0.267 e. The number of benzene rings is 1. The minimum atomic E-state index is -0.176. The lowest BCUT2D eigenvalue weighted by atomic mass is 10.1. The summed E-state index contributed by atoms with van der Waals surface area (Å²) in [6.45, 7) is 1.96. The fourth-order valence-corrected chi connectivity index (χ4v) is 4.69. The molecule has 6 nitrogen and oxygen atoms in total. The molecule has 0 aliphatic heterocycles. The van der Waals surface area contributed by atoms with Crippen LogP contribution in [0.2, 0.25) is 0 Å². The first-order valence-corrected chi connectivity index (χ1v) is 11.5. The Labute approximate surface area is 180 Å². The smallest absolute Gasteiger partial charge is 0.267 e. The molecule has 0 radical (unpaired) electrons. The average Bonchev–Trinajstić information content (AvgIpc) is 3.01. The van der Waals surface area contributed by atoms with Crippen molar-refractivity contribution in [2.24, 2.45) is 0 Å². The number of nitrogens with zero attached hydrogens (tertiary/aromatic N) is 3. The van der Waals surface area contributed by atoms with E-state index in [2.05, 4.69) is 15.3 Å². The third-order valence-corrected chi connectivity index (χ3v) is 6.37. The number of aryl methyl sites for hydroxylation is 1. The zero-order valence-electron chi connectivity index (χ0n) is 17.1. The van der Waals surface area contributed by atoms with Crippen LogP contribution in [-0.2, 0) is 4.79 Å². The molecule has 1 fully saturated rings. The summed E-state index contributed by atoms with van der Waals surface area (Å²) < 4.78 is 1.51. The van der Waals surface area contributed by atoms with E-state index in [1.165, 1.54) is 42.0 Å². The fraction of sp³-hybridized carbons (Fsp3) is 0.391. The third kappa shape index (κ3) is 4.73. The van der Waals surface area contributed by atoms with E-state index in [1.807, 2.05) is 37.3 Å². The molecule has 1 aromatic carbocycles. The monoisotopic (exact) mass is 422 g/mol. The van der Waals surface area contributed by atoms with Crippen LogP contribution in [0, 0.1) is 6.92 Å². The highest BCUT2D eigenvalue weighted by Gasteiger charge is 2.18. The van der Waals surface area contributed by atoms with Gasteiger partial charge < -0.3 is 5.32 Å². The number of thioether (sulfide) groups is 1. The number of hydrogen-bond acceptors (Lipinski definition) is 5. The first-order valence-electron chi connectivity index (χ1n) is 10.5. The van der Waals surface area contributed by atoms with Crippen LogP contribution in [0.3, 0.4) is 0 Å². The Morgan fingerprint density at radius 1 is 1.17 bits per heavy atom. The largest absolute Gasteiger partial charge is 0.353 e. The van der Waals surface area contributed by atoms with Gasteiger partial charge in [0.25, 0.3) is 5.56 Å². The summed E-state index contributed by atoms with van der Waals surface area (Å²) in [5.74, 6) is 0.718. The molecule has 1 saturated carbocycles. The van der Waals surface area contributed by atoms with Crippen molar-refractivity contribution in [2.75, 3.05) is 5.75 Å². The average molecular weight is 423 g/mol. The third-order valence-electron chi connectivity index (χ3n) is 5.43. The maximum absolute atomic E-state index is 13.2. The highest BCUT2D eigenvalue weighted by atomic mass is 32.2. The van der Waals surface area contributed by atoms with Gasteiger partial charge >= 0.3 is 0 Å². The van der Waals surface area contributed by atoms with Crippen molar-refractivity contribution in [3.63, 3.8) is 0 Å². The molecule has 1 aliphatic rings. The molecule has 1 N–H and O–H groups in total. The molecule has 4 rings (SSSR count). The topological polar surface area (TPSA) is 76.9 Å². The van der Waals surface area contributed by atoms with E-state index >= 15 is 0 Å². The number of aromatic nitrogens is 3. The summed E-state index contributed by atoms with van der Waals surface area (Å²) in [7, 11) is 0. The Bertz CT molecular complexity index is 1100. The van der Waals surface area contributed by atoms with E-state index in [-0.39, 0.29) is 23.3 Å². The second kappa shape index (κ2) is 9.43. The molecule has 0 atom stereocenters.